The number of carbonyl (C=O) groups is 1. The molecule has 3 heterocycles. The Balaban J connectivity index is 1.52. The number of primary amides is 1. The summed E-state index contributed by atoms with van der Waals surface area (Å²) in [5.41, 5.74) is 10.6. The predicted octanol–water partition coefficient (Wildman–Crippen LogP) is 3.50. The minimum absolute atomic E-state index is 0.0995. The van der Waals surface area contributed by atoms with Crippen LogP contribution in [0.5, 0.6) is 0 Å². The van der Waals surface area contributed by atoms with E-state index in [0.717, 1.165) is 38.5 Å². The van der Waals surface area contributed by atoms with Crippen LogP contribution >= 0.6 is 11.3 Å². The predicted molar refractivity (Wildman–Crippen MR) is 130 cm³/mol. The first kappa shape index (κ1) is 20.5. The second kappa shape index (κ2) is 8.63. The molecular formula is C25H25N5OS. The lowest BCUT2D eigenvalue weighted by molar-refractivity contribution is 0.100. The van der Waals surface area contributed by atoms with Gasteiger partial charge in [0.05, 0.1) is 17.0 Å². The van der Waals surface area contributed by atoms with E-state index < -0.39 is 5.91 Å². The molecule has 7 heteroatoms. The van der Waals surface area contributed by atoms with Gasteiger partial charge < -0.3 is 16.4 Å². The average Bonchev–Trinajstić information content (AvgIpc) is 2.96. The molecule has 0 spiro atoms. The van der Waals surface area contributed by atoms with E-state index in [-0.39, 0.29) is 12.3 Å². The van der Waals surface area contributed by atoms with Crippen molar-refractivity contribution in [2.24, 2.45) is 5.73 Å². The lowest BCUT2D eigenvalue weighted by Crippen LogP contribution is -2.55. The van der Waals surface area contributed by atoms with Gasteiger partial charge in [-0.2, -0.15) is 0 Å². The molecule has 0 fully saturated rings. The third kappa shape index (κ3) is 3.82. The molecule has 0 aliphatic carbocycles. The maximum Gasteiger partial charge on any atom is 0.250 e. The summed E-state index contributed by atoms with van der Waals surface area (Å²) in [5.74, 6) is -0.401. The molecule has 3 aromatic rings. The van der Waals surface area contributed by atoms with Crippen LogP contribution in [0.4, 0.5) is 0 Å². The van der Waals surface area contributed by atoms with Crippen LogP contribution < -0.4 is 27.0 Å². The van der Waals surface area contributed by atoms with Crippen molar-refractivity contribution in [1.29, 1.82) is 0 Å². The lowest BCUT2D eigenvalue weighted by Gasteiger charge is -2.36. The molecule has 162 valence electrons. The molecule has 2 aliphatic heterocycles. The highest BCUT2D eigenvalue weighted by atomic mass is 32.1. The summed E-state index contributed by atoms with van der Waals surface area (Å²) in [6, 6.07) is 16.1. The fourth-order valence-corrected chi connectivity index (χ4v) is 5.48. The van der Waals surface area contributed by atoms with Gasteiger partial charge in [0.15, 0.2) is 0 Å². The number of nitrogens with one attached hydrogen (secondary N) is 4. The van der Waals surface area contributed by atoms with Crippen molar-refractivity contribution in [2.45, 2.75) is 25.8 Å². The van der Waals surface area contributed by atoms with E-state index in [0.29, 0.717) is 5.56 Å². The number of aryl methyl sites for hydroxylation is 1. The van der Waals surface area contributed by atoms with Gasteiger partial charge in [0.2, 0.25) is 5.91 Å². The highest BCUT2D eigenvalue weighted by Crippen LogP contribution is 2.37. The summed E-state index contributed by atoms with van der Waals surface area (Å²) in [6.45, 7) is 2.82. The van der Waals surface area contributed by atoms with Gasteiger partial charge in [-0.25, -0.2) is 0 Å². The van der Waals surface area contributed by atoms with Crippen LogP contribution in [0.15, 0.2) is 84.4 Å². The van der Waals surface area contributed by atoms with E-state index in [1.807, 2.05) is 42.6 Å². The van der Waals surface area contributed by atoms with Crippen LogP contribution in [-0.4, -0.2) is 12.1 Å². The molecule has 0 radical (unpaired) electrons. The number of hydrogen-bond donors (Lipinski definition) is 5. The fourth-order valence-electron chi connectivity index (χ4n) is 4.27. The molecule has 0 saturated carbocycles. The summed E-state index contributed by atoms with van der Waals surface area (Å²) in [4.78, 5) is 13.1. The molecule has 2 atom stereocenters. The van der Waals surface area contributed by atoms with Gasteiger partial charge in [-0.1, -0.05) is 48.5 Å². The Hall–Kier alpha value is -3.39. The van der Waals surface area contributed by atoms with Crippen molar-refractivity contribution in [2.75, 3.05) is 0 Å². The minimum Gasteiger partial charge on any atom is -0.366 e. The van der Waals surface area contributed by atoms with E-state index >= 15 is 0 Å². The van der Waals surface area contributed by atoms with E-state index in [1.165, 1.54) is 5.56 Å². The molecule has 5 rings (SSSR count). The van der Waals surface area contributed by atoms with E-state index in [9.17, 15) is 4.79 Å². The number of hydrogen-bond acceptors (Lipinski definition) is 6. The van der Waals surface area contributed by atoms with E-state index in [4.69, 9.17) is 5.73 Å². The topological polar surface area (TPSA) is 91.2 Å². The number of nitrogens with two attached hydrogens (primary N) is 1. The summed E-state index contributed by atoms with van der Waals surface area (Å²) >= 11 is 1.61. The van der Waals surface area contributed by atoms with Crippen molar-refractivity contribution in [1.82, 2.24) is 21.3 Å². The Bertz CT molecular complexity index is 1260. The normalized spacial score (nSPS) is 19.9. The number of rotatable bonds is 5. The molecule has 1 amide bonds. The van der Waals surface area contributed by atoms with Gasteiger partial charge in [0.25, 0.3) is 0 Å². The zero-order chi connectivity index (χ0) is 22.1. The third-order valence-corrected chi connectivity index (χ3v) is 6.94. The SMILES string of the molecule is Cc1sc2c(C(N)=O)cccc2c1C1NC2=C(NC=CC=C2)C(NCc2ccccc2)N1. The lowest BCUT2D eigenvalue weighted by atomic mass is 10.0. The average molecular weight is 444 g/mol. The molecule has 2 unspecified atom stereocenters. The summed E-state index contributed by atoms with van der Waals surface area (Å²) in [5, 5.41) is 15.4. The van der Waals surface area contributed by atoms with Crippen molar-refractivity contribution in [3.8, 4) is 0 Å². The van der Waals surface area contributed by atoms with Crippen LogP contribution in [0.25, 0.3) is 10.1 Å². The first-order valence-corrected chi connectivity index (χ1v) is 11.4. The number of benzene rings is 2. The van der Waals surface area contributed by atoms with Crippen molar-refractivity contribution >= 4 is 27.3 Å². The second-order valence-corrected chi connectivity index (χ2v) is 9.08. The number of allylic oxidation sites excluding steroid dienone is 3. The smallest absolute Gasteiger partial charge is 0.250 e. The van der Waals surface area contributed by atoms with Crippen molar-refractivity contribution in [3.63, 3.8) is 0 Å². The van der Waals surface area contributed by atoms with Crippen molar-refractivity contribution < 1.29 is 4.79 Å². The second-order valence-electron chi connectivity index (χ2n) is 7.85. The molecule has 1 aromatic heterocycles. The quantitative estimate of drug-likeness (QED) is 0.416. The van der Waals surface area contributed by atoms with E-state index in [1.54, 1.807) is 17.4 Å². The maximum atomic E-state index is 12.0. The Kier molecular flexibility index (Phi) is 5.53. The van der Waals surface area contributed by atoms with Crippen LogP contribution in [0, 0.1) is 6.92 Å². The molecule has 0 bridgehead atoms. The van der Waals surface area contributed by atoms with Crippen molar-refractivity contribution in [3.05, 3.63) is 106 Å². The number of carbonyl (C=O) groups excluding carboxylic acids is 1. The number of fused-ring (bicyclic) bond motifs is 1. The maximum absolute atomic E-state index is 12.0. The number of thiophene rings is 1. The molecule has 6 N–H and O–H groups in total. The Morgan fingerprint density at radius 3 is 2.78 bits per heavy atom. The minimum atomic E-state index is -0.401. The third-order valence-electron chi connectivity index (χ3n) is 5.77. The molecule has 2 aromatic carbocycles. The zero-order valence-corrected chi connectivity index (χ0v) is 18.5. The monoisotopic (exact) mass is 443 g/mol. The van der Waals surface area contributed by atoms with Gasteiger partial charge >= 0.3 is 0 Å². The molecule has 32 heavy (non-hydrogen) atoms. The first-order valence-electron chi connectivity index (χ1n) is 10.6. The Morgan fingerprint density at radius 2 is 1.97 bits per heavy atom. The molecule has 0 saturated heterocycles. The fraction of sp³-hybridized carbons (Fsp3) is 0.160. The molecular weight excluding hydrogens is 418 g/mol. The van der Waals surface area contributed by atoms with Crippen LogP contribution in [0.3, 0.4) is 0 Å². The van der Waals surface area contributed by atoms with Crippen LogP contribution in [0.2, 0.25) is 0 Å². The standard InChI is InChI=1S/C25H25N5OS/c1-15-20(17-10-7-11-18(23(26)31)22(17)32-15)24-29-19-12-5-6-13-27-21(19)25(30-24)28-14-16-8-3-2-4-9-16/h2-13,24-25,27-30H,14H2,1H3,(H2,26,31). The summed E-state index contributed by atoms with van der Waals surface area (Å²) in [7, 11) is 0. The van der Waals surface area contributed by atoms with Gasteiger partial charge in [0, 0.05) is 33.3 Å². The summed E-state index contributed by atoms with van der Waals surface area (Å²) in [6.07, 6.45) is 7.77. The van der Waals surface area contributed by atoms with E-state index in [2.05, 4.69) is 52.5 Å². The highest BCUT2D eigenvalue weighted by Gasteiger charge is 2.31. The van der Waals surface area contributed by atoms with Gasteiger partial charge in [-0.15, -0.1) is 11.3 Å². The molecule has 2 aliphatic rings. The van der Waals surface area contributed by atoms with Gasteiger partial charge in [0.1, 0.15) is 12.3 Å². The zero-order valence-electron chi connectivity index (χ0n) is 17.7. The Morgan fingerprint density at radius 1 is 1.12 bits per heavy atom. The van der Waals surface area contributed by atoms with Gasteiger partial charge in [-0.05, 0) is 30.7 Å². The molecule has 6 nitrogen and oxygen atoms in total. The highest BCUT2D eigenvalue weighted by molar-refractivity contribution is 7.19. The number of amides is 1. The Labute approximate surface area is 190 Å². The largest absolute Gasteiger partial charge is 0.366 e. The summed E-state index contributed by atoms with van der Waals surface area (Å²) < 4.78 is 0.931. The van der Waals surface area contributed by atoms with Crippen LogP contribution in [-0.2, 0) is 6.54 Å². The van der Waals surface area contributed by atoms with Gasteiger partial charge in [-0.3, -0.25) is 15.4 Å². The van der Waals surface area contributed by atoms with Crippen LogP contribution in [0.1, 0.15) is 32.5 Å². The first-order chi connectivity index (χ1) is 15.6.